The first-order valence-corrected chi connectivity index (χ1v) is 8.35. The Kier molecular flexibility index (Phi) is 5.77. The van der Waals surface area contributed by atoms with Crippen molar-refractivity contribution >= 4 is 15.9 Å². The molecule has 1 heterocycles. The van der Waals surface area contributed by atoms with Crippen molar-refractivity contribution in [2.45, 2.75) is 39.5 Å². The van der Waals surface area contributed by atoms with Crippen LogP contribution in [0.4, 0.5) is 0 Å². The van der Waals surface area contributed by atoms with E-state index >= 15 is 0 Å². The van der Waals surface area contributed by atoms with E-state index in [0.717, 1.165) is 29.8 Å². The van der Waals surface area contributed by atoms with Gasteiger partial charge in [-0.25, -0.2) is 4.98 Å². The lowest BCUT2D eigenvalue weighted by atomic mass is 10.1. The van der Waals surface area contributed by atoms with Crippen LogP contribution in [-0.2, 0) is 0 Å². The molecule has 4 nitrogen and oxygen atoms in total. The molecule has 0 saturated heterocycles. The van der Waals surface area contributed by atoms with Crippen LogP contribution in [0.15, 0.2) is 33.5 Å². The molecule has 0 fully saturated rings. The summed E-state index contributed by atoms with van der Waals surface area (Å²) in [6, 6.07) is 7.66. The summed E-state index contributed by atoms with van der Waals surface area (Å²) in [5.74, 6) is 1.45. The number of aromatic amines is 1. The van der Waals surface area contributed by atoms with E-state index in [0.29, 0.717) is 16.9 Å². The Balaban J connectivity index is 2.46. The Morgan fingerprint density at radius 3 is 2.73 bits per heavy atom. The summed E-state index contributed by atoms with van der Waals surface area (Å²) in [7, 11) is 0. The van der Waals surface area contributed by atoms with E-state index in [1.54, 1.807) is 0 Å². The van der Waals surface area contributed by atoms with Crippen molar-refractivity contribution < 1.29 is 4.74 Å². The molecule has 0 amide bonds. The number of unbranched alkanes of at least 4 members (excludes halogenated alkanes) is 1. The van der Waals surface area contributed by atoms with Gasteiger partial charge in [-0.15, -0.1) is 0 Å². The van der Waals surface area contributed by atoms with Crippen molar-refractivity contribution in [1.29, 1.82) is 0 Å². The van der Waals surface area contributed by atoms with Crippen molar-refractivity contribution in [3.8, 4) is 17.1 Å². The zero-order valence-corrected chi connectivity index (χ0v) is 14.7. The van der Waals surface area contributed by atoms with Gasteiger partial charge in [-0.2, -0.15) is 0 Å². The molecule has 118 valence electrons. The lowest BCUT2D eigenvalue weighted by Crippen LogP contribution is -2.14. The molecular weight excluding hydrogens is 344 g/mol. The van der Waals surface area contributed by atoms with Gasteiger partial charge in [0.1, 0.15) is 16.0 Å². The van der Waals surface area contributed by atoms with Crippen LogP contribution >= 0.6 is 15.9 Å². The molecule has 0 atom stereocenters. The summed E-state index contributed by atoms with van der Waals surface area (Å²) in [5, 5.41) is 0. The first-order valence-electron chi connectivity index (χ1n) is 7.56. The highest BCUT2D eigenvalue weighted by atomic mass is 79.9. The number of nitrogens with one attached hydrogen (secondary N) is 1. The molecule has 2 aromatic rings. The molecule has 1 aromatic carbocycles. The molecule has 0 saturated carbocycles. The van der Waals surface area contributed by atoms with E-state index in [1.807, 2.05) is 38.1 Å². The van der Waals surface area contributed by atoms with E-state index < -0.39 is 0 Å². The Bertz CT molecular complexity index is 695. The minimum Gasteiger partial charge on any atom is -0.493 e. The third-order valence-corrected chi connectivity index (χ3v) is 4.10. The third kappa shape index (κ3) is 3.77. The number of aromatic nitrogens is 2. The molecule has 0 aliphatic heterocycles. The highest BCUT2D eigenvalue weighted by molar-refractivity contribution is 9.10. The van der Waals surface area contributed by atoms with Crippen LogP contribution in [0.5, 0.6) is 5.75 Å². The topological polar surface area (TPSA) is 55.0 Å². The number of benzene rings is 1. The maximum atomic E-state index is 12.1. The van der Waals surface area contributed by atoms with Crippen LogP contribution in [0.25, 0.3) is 11.4 Å². The maximum absolute atomic E-state index is 12.1. The van der Waals surface area contributed by atoms with E-state index in [4.69, 9.17) is 4.74 Å². The normalized spacial score (nSPS) is 11.0. The smallest absolute Gasteiger partial charge is 0.265 e. The standard InChI is InChI=1S/C17H21BrN2O2/c1-4-5-10-22-13-9-7-6-8-12(13)16-19-15(11(2)3)14(18)17(21)20-16/h6-9,11H,4-5,10H2,1-3H3,(H,19,20,21). The van der Waals surface area contributed by atoms with Gasteiger partial charge in [-0.05, 0) is 40.4 Å². The van der Waals surface area contributed by atoms with E-state index in [9.17, 15) is 4.79 Å². The highest BCUT2D eigenvalue weighted by Crippen LogP contribution is 2.29. The number of hydrogen-bond acceptors (Lipinski definition) is 3. The highest BCUT2D eigenvalue weighted by Gasteiger charge is 2.15. The number of rotatable bonds is 6. The van der Waals surface area contributed by atoms with Crippen molar-refractivity contribution in [2.24, 2.45) is 0 Å². The average Bonchev–Trinajstić information content (AvgIpc) is 2.50. The first kappa shape index (κ1) is 16.7. The molecule has 22 heavy (non-hydrogen) atoms. The van der Waals surface area contributed by atoms with Gasteiger partial charge >= 0.3 is 0 Å². The molecular formula is C17H21BrN2O2. The van der Waals surface area contributed by atoms with Gasteiger partial charge < -0.3 is 9.72 Å². The van der Waals surface area contributed by atoms with Crippen LogP contribution in [0.1, 0.15) is 45.2 Å². The summed E-state index contributed by atoms with van der Waals surface area (Å²) in [6.07, 6.45) is 2.07. The van der Waals surface area contributed by atoms with Gasteiger partial charge in [0.25, 0.3) is 5.56 Å². The fourth-order valence-corrected chi connectivity index (χ4v) is 2.75. The minimum absolute atomic E-state index is 0.156. The molecule has 1 N–H and O–H groups in total. The Morgan fingerprint density at radius 1 is 1.32 bits per heavy atom. The number of para-hydroxylation sites is 1. The lowest BCUT2D eigenvalue weighted by molar-refractivity contribution is 0.310. The Morgan fingerprint density at radius 2 is 2.05 bits per heavy atom. The van der Waals surface area contributed by atoms with Gasteiger partial charge in [0, 0.05) is 0 Å². The fourth-order valence-electron chi connectivity index (χ4n) is 2.10. The van der Waals surface area contributed by atoms with Crippen LogP contribution in [0.3, 0.4) is 0 Å². The average molecular weight is 365 g/mol. The van der Waals surface area contributed by atoms with E-state index in [-0.39, 0.29) is 11.5 Å². The summed E-state index contributed by atoms with van der Waals surface area (Å²) in [6.45, 7) is 6.81. The van der Waals surface area contributed by atoms with Gasteiger partial charge in [-0.3, -0.25) is 4.79 Å². The van der Waals surface area contributed by atoms with Crippen molar-refractivity contribution in [3.05, 3.63) is 44.8 Å². The van der Waals surface area contributed by atoms with Gasteiger partial charge in [-0.1, -0.05) is 39.3 Å². The molecule has 0 aliphatic rings. The van der Waals surface area contributed by atoms with Gasteiger partial charge in [0.15, 0.2) is 0 Å². The number of halogens is 1. The fraction of sp³-hybridized carbons (Fsp3) is 0.412. The number of ether oxygens (including phenoxy) is 1. The third-order valence-electron chi connectivity index (χ3n) is 3.33. The molecule has 1 aromatic heterocycles. The summed E-state index contributed by atoms with van der Waals surface area (Å²) in [4.78, 5) is 19.6. The predicted molar refractivity (Wildman–Crippen MR) is 92.5 cm³/mol. The minimum atomic E-state index is -0.169. The SMILES string of the molecule is CCCCOc1ccccc1-c1nc(C(C)C)c(Br)c(=O)[nH]1. The Labute approximate surface area is 139 Å². The molecule has 5 heteroatoms. The van der Waals surface area contributed by atoms with Crippen molar-refractivity contribution in [3.63, 3.8) is 0 Å². The molecule has 2 rings (SSSR count). The molecule has 0 unspecified atom stereocenters. The first-order chi connectivity index (χ1) is 10.5. The summed E-state index contributed by atoms with van der Waals surface area (Å²) < 4.78 is 6.32. The second-order valence-electron chi connectivity index (χ2n) is 5.47. The van der Waals surface area contributed by atoms with Crippen LogP contribution in [0, 0.1) is 0 Å². The van der Waals surface area contributed by atoms with E-state index in [1.165, 1.54) is 0 Å². The second-order valence-corrected chi connectivity index (χ2v) is 6.26. The Hall–Kier alpha value is -1.62. The van der Waals surface area contributed by atoms with E-state index in [2.05, 4.69) is 32.8 Å². The zero-order valence-electron chi connectivity index (χ0n) is 13.1. The molecule has 0 radical (unpaired) electrons. The van der Waals surface area contributed by atoms with Crippen LogP contribution < -0.4 is 10.3 Å². The number of hydrogen-bond donors (Lipinski definition) is 1. The van der Waals surface area contributed by atoms with Crippen LogP contribution in [0.2, 0.25) is 0 Å². The molecule has 0 aliphatic carbocycles. The number of nitrogens with zero attached hydrogens (tertiary/aromatic N) is 1. The van der Waals surface area contributed by atoms with Crippen molar-refractivity contribution in [1.82, 2.24) is 9.97 Å². The second kappa shape index (κ2) is 7.58. The quantitative estimate of drug-likeness (QED) is 0.767. The van der Waals surface area contributed by atoms with Crippen LogP contribution in [-0.4, -0.2) is 16.6 Å². The monoisotopic (exact) mass is 364 g/mol. The van der Waals surface area contributed by atoms with Gasteiger partial charge in [0.05, 0.1) is 17.9 Å². The van der Waals surface area contributed by atoms with Gasteiger partial charge in [0.2, 0.25) is 0 Å². The predicted octanol–water partition coefficient (Wildman–Crippen LogP) is 4.50. The summed E-state index contributed by atoms with van der Waals surface area (Å²) in [5.41, 5.74) is 1.39. The maximum Gasteiger partial charge on any atom is 0.265 e. The summed E-state index contributed by atoms with van der Waals surface area (Å²) >= 11 is 3.32. The number of H-pyrrole nitrogens is 1. The zero-order chi connectivity index (χ0) is 16.1. The molecule has 0 bridgehead atoms. The largest absolute Gasteiger partial charge is 0.493 e. The molecule has 0 spiro atoms. The van der Waals surface area contributed by atoms with Crippen molar-refractivity contribution in [2.75, 3.05) is 6.61 Å². The lowest BCUT2D eigenvalue weighted by Gasteiger charge is -2.13.